The van der Waals surface area contributed by atoms with E-state index in [0.29, 0.717) is 31.7 Å². The van der Waals surface area contributed by atoms with Crippen LogP contribution in [0, 0.1) is 13.8 Å². The molecule has 0 saturated carbocycles. The Morgan fingerprint density at radius 3 is 2.28 bits per heavy atom. The lowest BCUT2D eigenvalue weighted by Crippen LogP contribution is -2.48. The zero-order valence-corrected chi connectivity index (χ0v) is 20.6. The van der Waals surface area contributed by atoms with Crippen LogP contribution in [0.1, 0.15) is 29.5 Å². The third kappa shape index (κ3) is 5.96. The number of rotatable bonds is 9. The van der Waals surface area contributed by atoms with E-state index in [4.69, 9.17) is 0 Å². The third-order valence-electron chi connectivity index (χ3n) is 5.86. The summed E-state index contributed by atoms with van der Waals surface area (Å²) in [5, 5.41) is 3.14. The second-order valence-corrected chi connectivity index (χ2v) is 12.4. The lowest BCUT2D eigenvalue weighted by molar-refractivity contribution is 0.354. The normalized spacial score (nSPS) is 16.9. The first-order valence-corrected chi connectivity index (χ1v) is 14.0. The zero-order valence-electron chi connectivity index (χ0n) is 19.0. The summed E-state index contributed by atoms with van der Waals surface area (Å²) >= 11 is 0. The van der Waals surface area contributed by atoms with Gasteiger partial charge in [-0.15, -0.1) is 0 Å². The van der Waals surface area contributed by atoms with E-state index in [-0.39, 0.29) is 29.7 Å². The molecule has 0 aliphatic carbocycles. The SMILES string of the molecule is Cc1ccc(S(=O)(=O)N(CCS(=O)(=O)N2CCNCC2)C[C@@H](C)c2ccccc2)c(C)c1. The van der Waals surface area contributed by atoms with Crippen LogP contribution >= 0.6 is 0 Å². The van der Waals surface area contributed by atoms with E-state index >= 15 is 0 Å². The van der Waals surface area contributed by atoms with E-state index in [1.54, 1.807) is 19.1 Å². The standard InChI is InChI=1S/C23H33N3O4S2/c1-19-9-10-23(20(2)17-19)32(29,30)26(18-21(3)22-7-5-4-6-8-22)15-16-31(27,28)25-13-11-24-12-14-25/h4-10,17,21,24H,11-16,18H2,1-3H3/t21-/m1/s1. The molecule has 7 nitrogen and oxygen atoms in total. The highest BCUT2D eigenvalue weighted by atomic mass is 32.2. The molecule has 176 valence electrons. The summed E-state index contributed by atoms with van der Waals surface area (Å²) in [7, 11) is -7.42. The van der Waals surface area contributed by atoms with Crippen molar-refractivity contribution in [1.82, 2.24) is 13.9 Å². The van der Waals surface area contributed by atoms with E-state index in [9.17, 15) is 16.8 Å². The number of hydrogen-bond acceptors (Lipinski definition) is 5. The maximum Gasteiger partial charge on any atom is 0.243 e. The van der Waals surface area contributed by atoms with Gasteiger partial charge in [0.05, 0.1) is 10.6 Å². The number of benzene rings is 2. The fourth-order valence-corrected chi connectivity index (χ4v) is 7.30. The van der Waals surface area contributed by atoms with Crippen LogP contribution in [-0.4, -0.2) is 70.5 Å². The first kappa shape index (κ1) is 24.9. The lowest BCUT2D eigenvalue weighted by atomic mass is 10.0. The minimum atomic E-state index is -3.87. The second kappa shape index (κ2) is 10.4. The molecular formula is C23H33N3O4S2. The van der Waals surface area contributed by atoms with Crippen molar-refractivity contribution in [2.45, 2.75) is 31.6 Å². The number of hydrogen-bond donors (Lipinski definition) is 1. The van der Waals surface area contributed by atoms with Crippen LogP contribution in [0.3, 0.4) is 0 Å². The Kier molecular flexibility index (Phi) is 8.11. The van der Waals surface area contributed by atoms with Gasteiger partial charge in [0.1, 0.15) is 0 Å². The fourth-order valence-electron chi connectivity index (χ4n) is 4.00. The number of nitrogens with one attached hydrogen (secondary N) is 1. The van der Waals surface area contributed by atoms with E-state index in [1.165, 1.54) is 8.61 Å². The summed E-state index contributed by atoms with van der Waals surface area (Å²) in [5.41, 5.74) is 2.65. The van der Waals surface area contributed by atoms with Gasteiger partial charge in [0.25, 0.3) is 0 Å². The van der Waals surface area contributed by atoms with Crippen molar-refractivity contribution in [3.63, 3.8) is 0 Å². The van der Waals surface area contributed by atoms with E-state index in [1.807, 2.05) is 50.2 Å². The predicted molar refractivity (Wildman–Crippen MR) is 128 cm³/mol. The molecule has 0 unspecified atom stereocenters. The number of nitrogens with zero attached hydrogens (tertiary/aromatic N) is 2. The molecule has 32 heavy (non-hydrogen) atoms. The molecular weight excluding hydrogens is 446 g/mol. The van der Waals surface area contributed by atoms with Crippen LogP contribution in [-0.2, 0) is 20.0 Å². The molecule has 0 radical (unpaired) electrons. The van der Waals surface area contributed by atoms with Crippen LogP contribution in [0.5, 0.6) is 0 Å². The minimum Gasteiger partial charge on any atom is -0.314 e. The summed E-state index contributed by atoms with van der Waals surface area (Å²) in [5.74, 6) is -0.322. The Morgan fingerprint density at radius 1 is 1.00 bits per heavy atom. The average molecular weight is 480 g/mol. The van der Waals surface area contributed by atoms with Gasteiger partial charge in [-0.2, -0.15) is 8.61 Å². The van der Waals surface area contributed by atoms with E-state index < -0.39 is 20.0 Å². The molecule has 1 heterocycles. The Bertz CT molecular complexity index is 1110. The summed E-state index contributed by atoms with van der Waals surface area (Å²) in [4.78, 5) is 0.225. The smallest absolute Gasteiger partial charge is 0.243 e. The second-order valence-electron chi connectivity index (χ2n) is 8.41. The van der Waals surface area contributed by atoms with Crippen molar-refractivity contribution in [3.8, 4) is 0 Å². The van der Waals surface area contributed by atoms with Crippen molar-refractivity contribution in [3.05, 3.63) is 65.2 Å². The van der Waals surface area contributed by atoms with Gasteiger partial charge in [-0.1, -0.05) is 55.0 Å². The highest BCUT2D eigenvalue weighted by molar-refractivity contribution is 7.90. The van der Waals surface area contributed by atoms with Crippen molar-refractivity contribution in [2.24, 2.45) is 0 Å². The molecule has 0 aromatic heterocycles. The molecule has 0 amide bonds. The number of aryl methyl sites for hydroxylation is 2. The van der Waals surface area contributed by atoms with Crippen LogP contribution in [0.4, 0.5) is 0 Å². The maximum absolute atomic E-state index is 13.6. The first-order chi connectivity index (χ1) is 15.1. The van der Waals surface area contributed by atoms with Gasteiger partial charge < -0.3 is 5.32 Å². The van der Waals surface area contributed by atoms with Gasteiger partial charge in [0.15, 0.2) is 0 Å². The molecule has 1 atom stereocenters. The summed E-state index contributed by atoms with van der Waals surface area (Å²) in [6, 6.07) is 14.9. The Morgan fingerprint density at radius 2 is 1.66 bits per heavy atom. The molecule has 1 fully saturated rings. The summed E-state index contributed by atoms with van der Waals surface area (Å²) < 4.78 is 55.8. The van der Waals surface area contributed by atoms with Crippen LogP contribution in [0.2, 0.25) is 0 Å². The highest BCUT2D eigenvalue weighted by Gasteiger charge is 2.31. The van der Waals surface area contributed by atoms with Gasteiger partial charge in [-0.05, 0) is 37.0 Å². The quantitative estimate of drug-likeness (QED) is 0.597. The lowest BCUT2D eigenvalue weighted by Gasteiger charge is -2.29. The largest absolute Gasteiger partial charge is 0.314 e. The van der Waals surface area contributed by atoms with Gasteiger partial charge >= 0.3 is 0 Å². The summed E-state index contributed by atoms with van der Waals surface area (Å²) in [6.45, 7) is 7.80. The van der Waals surface area contributed by atoms with Crippen molar-refractivity contribution in [1.29, 1.82) is 0 Å². The van der Waals surface area contributed by atoms with Crippen LogP contribution < -0.4 is 5.32 Å². The van der Waals surface area contributed by atoms with Crippen molar-refractivity contribution in [2.75, 3.05) is 45.0 Å². The van der Waals surface area contributed by atoms with Crippen LogP contribution in [0.25, 0.3) is 0 Å². The number of piperazine rings is 1. The van der Waals surface area contributed by atoms with Gasteiger partial charge in [0, 0.05) is 39.3 Å². The Balaban J connectivity index is 1.88. The molecule has 0 spiro atoms. The molecule has 3 rings (SSSR count). The molecule has 2 aromatic carbocycles. The van der Waals surface area contributed by atoms with Gasteiger partial charge in [-0.3, -0.25) is 0 Å². The van der Waals surface area contributed by atoms with Crippen molar-refractivity contribution >= 4 is 20.0 Å². The van der Waals surface area contributed by atoms with Crippen molar-refractivity contribution < 1.29 is 16.8 Å². The topological polar surface area (TPSA) is 86.8 Å². The molecule has 1 aliphatic heterocycles. The predicted octanol–water partition coefficient (Wildman–Crippen LogP) is 2.33. The monoisotopic (exact) mass is 479 g/mol. The van der Waals surface area contributed by atoms with Crippen LogP contribution in [0.15, 0.2) is 53.4 Å². The molecule has 2 aromatic rings. The van der Waals surface area contributed by atoms with Gasteiger partial charge in [0.2, 0.25) is 20.0 Å². The Hall–Kier alpha value is -1.78. The molecule has 1 saturated heterocycles. The molecule has 1 aliphatic rings. The first-order valence-electron chi connectivity index (χ1n) is 10.9. The maximum atomic E-state index is 13.6. The fraction of sp³-hybridized carbons (Fsp3) is 0.478. The highest BCUT2D eigenvalue weighted by Crippen LogP contribution is 2.25. The van der Waals surface area contributed by atoms with E-state index in [0.717, 1.165) is 11.1 Å². The molecule has 0 bridgehead atoms. The Labute approximate surface area is 192 Å². The molecule has 9 heteroatoms. The molecule has 1 N–H and O–H groups in total. The average Bonchev–Trinajstić information content (AvgIpc) is 2.77. The van der Waals surface area contributed by atoms with Gasteiger partial charge in [-0.25, -0.2) is 16.8 Å². The van der Waals surface area contributed by atoms with E-state index in [2.05, 4.69) is 5.32 Å². The minimum absolute atomic E-state index is 0.0842. The number of sulfonamides is 2. The summed E-state index contributed by atoms with van der Waals surface area (Å²) in [6.07, 6.45) is 0. The zero-order chi connectivity index (χ0) is 23.4. The third-order valence-corrected chi connectivity index (χ3v) is 9.74.